The van der Waals surface area contributed by atoms with E-state index in [1.807, 2.05) is 0 Å². The second kappa shape index (κ2) is 5.61. The van der Waals surface area contributed by atoms with E-state index in [1.54, 1.807) is 0 Å². The van der Waals surface area contributed by atoms with Gasteiger partial charge in [-0.15, -0.1) is 0 Å². The topological polar surface area (TPSA) is 38.5 Å². The summed E-state index contributed by atoms with van der Waals surface area (Å²) in [5, 5.41) is 0. The van der Waals surface area contributed by atoms with Crippen LogP contribution in [-0.4, -0.2) is 18.8 Å². The molecule has 2 N–H and O–H groups in total. The van der Waals surface area contributed by atoms with E-state index in [4.69, 9.17) is 10.5 Å². The van der Waals surface area contributed by atoms with Crippen LogP contribution in [0.25, 0.3) is 0 Å². The van der Waals surface area contributed by atoms with Gasteiger partial charge in [0.15, 0.2) is 0 Å². The van der Waals surface area contributed by atoms with Crippen LogP contribution < -0.4 is 5.73 Å². The van der Waals surface area contributed by atoms with Gasteiger partial charge in [0.25, 0.3) is 0 Å². The summed E-state index contributed by atoms with van der Waals surface area (Å²) in [7, 11) is 0. The van der Waals surface area contributed by atoms with E-state index in [0.717, 1.165) is 18.9 Å². The van der Waals surface area contributed by atoms with Gasteiger partial charge in [0.05, 0.1) is 12.2 Å². The fourth-order valence-corrected chi connectivity index (χ4v) is 1.86. The Morgan fingerprint density at radius 1 is 1.23 bits per heavy atom. The lowest BCUT2D eigenvalue weighted by molar-refractivity contribution is 0.357. The maximum absolute atomic E-state index is 5.41. The molecule has 3 atom stereocenters. The highest BCUT2D eigenvalue weighted by atomic mass is 16.6. The Morgan fingerprint density at radius 2 is 1.92 bits per heavy atom. The molecule has 0 aromatic carbocycles. The van der Waals surface area contributed by atoms with E-state index in [0.29, 0.717) is 12.2 Å². The lowest BCUT2D eigenvalue weighted by Crippen LogP contribution is -2.11. The molecule has 0 spiro atoms. The number of ether oxygens (including phenoxy) is 1. The van der Waals surface area contributed by atoms with Crippen molar-refractivity contribution in [1.82, 2.24) is 0 Å². The van der Waals surface area contributed by atoms with Gasteiger partial charge in [0.1, 0.15) is 0 Å². The van der Waals surface area contributed by atoms with E-state index in [9.17, 15) is 0 Å². The Bertz CT molecular complexity index is 136. The third-order valence-corrected chi connectivity index (χ3v) is 2.98. The van der Waals surface area contributed by atoms with E-state index in [2.05, 4.69) is 13.8 Å². The molecule has 1 aliphatic heterocycles. The summed E-state index contributed by atoms with van der Waals surface area (Å²) >= 11 is 0. The second-order valence-electron chi connectivity index (χ2n) is 4.09. The molecule has 2 heteroatoms. The zero-order valence-electron chi connectivity index (χ0n) is 8.96. The van der Waals surface area contributed by atoms with Crippen molar-refractivity contribution in [3.63, 3.8) is 0 Å². The van der Waals surface area contributed by atoms with Crippen LogP contribution in [0.3, 0.4) is 0 Å². The van der Waals surface area contributed by atoms with Crippen LogP contribution in [-0.2, 0) is 4.74 Å². The Kier molecular flexibility index (Phi) is 4.74. The molecule has 78 valence electrons. The normalized spacial score (nSPS) is 35.8. The Morgan fingerprint density at radius 3 is 2.38 bits per heavy atom. The van der Waals surface area contributed by atoms with Crippen LogP contribution in [0.15, 0.2) is 0 Å². The first kappa shape index (κ1) is 11.0. The Labute approximate surface area is 81.8 Å². The minimum atomic E-state index is 0.684. The molecule has 1 aliphatic carbocycles. The van der Waals surface area contributed by atoms with Gasteiger partial charge in [-0.2, -0.15) is 0 Å². The second-order valence-corrected chi connectivity index (χ2v) is 4.09. The van der Waals surface area contributed by atoms with Crippen molar-refractivity contribution in [3.8, 4) is 0 Å². The van der Waals surface area contributed by atoms with Crippen molar-refractivity contribution in [1.29, 1.82) is 0 Å². The number of epoxide rings is 1. The molecule has 2 rings (SSSR count). The smallest absolute Gasteiger partial charge is 0.0844 e. The summed E-state index contributed by atoms with van der Waals surface area (Å²) in [5.41, 5.74) is 5.03. The largest absolute Gasteiger partial charge is 0.370 e. The first-order chi connectivity index (χ1) is 6.31. The van der Waals surface area contributed by atoms with Gasteiger partial charge in [-0.1, -0.05) is 20.3 Å². The minimum Gasteiger partial charge on any atom is -0.370 e. The average molecular weight is 185 g/mol. The number of fused-ring (bicyclic) bond motifs is 1. The van der Waals surface area contributed by atoms with Crippen molar-refractivity contribution >= 4 is 0 Å². The molecule has 0 amide bonds. The van der Waals surface area contributed by atoms with Gasteiger partial charge in [0.2, 0.25) is 0 Å². The molecule has 3 unspecified atom stereocenters. The fraction of sp³-hybridized carbons (Fsp3) is 1.00. The highest BCUT2D eigenvalue weighted by Crippen LogP contribution is 2.40. The summed E-state index contributed by atoms with van der Waals surface area (Å²) in [6.45, 7) is 5.16. The molecule has 1 saturated carbocycles. The lowest BCUT2D eigenvalue weighted by atomic mass is 9.88. The molecule has 2 fully saturated rings. The molecule has 13 heavy (non-hydrogen) atoms. The third kappa shape index (κ3) is 3.65. The summed E-state index contributed by atoms with van der Waals surface area (Å²) in [5.74, 6) is 0.980. The van der Waals surface area contributed by atoms with Crippen molar-refractivity contribution in [2.24, 2.45) is 11.7 Å². The summed E-state index contributed by atoms with van der Waals surface area (Å²) in [6, 6.07) is 0. The predicted molar refractivity (Wildman–Crippen MR) is 55.6 cm³/mol. The standard InChI is InChI=1S/C8H14O.C3H9N/c1-2-6-3-4-7-8(5-6)9-7;1-2-3-4/h6-8H,2-5H2,1H3;2-4H2,1H3. The van der Waals surface area contributed by atoms with E-state index in [-0.39, 0.29) is 0 Å². The molecular formula is C11H23NO. The van der Waals surface area contributed by atoms with Crippen molar-refractivity contribution in [2.75, 3.05) is 6.54 Å². The molecule has 0 aromatic heterocycles. The monoisotopic (exact) mass is 185 g/mol. The molecule has 2 aliphatic rings. The molecular weight excluding hydrogens is 162 g/mol. The highest BCUT2D eigenvalue weighted by molar-refractivity contribution is 4.91. The molecule has 2 nitrogen and oxygen atoms in total. The minimum absolute atomic E-state index is 0.684. The van der Waals surface area contributed by atoms with Gasteiger partial charge in [-0.05, 0) is 38.1 Å². The summed E-state index contributed by atoms with van der Waals surface area (Å²) in [4.78, 5) is 0. The van der Waals surface area contributed by atoms with Crippen LogP contribution in [0.5, 0.6) is 0 Å². The molecule has 0 radical (unpaired) electrons. The maximum Gasteiger partial charge on any atom is 0.0844 e. The summed E-state index contributed by atoms with van der Waals surface area (Å²) in [6.07, 6.45) is 7.92. The number of nitrogens with two attached hydrogens (primary N) is 1. The Hall–Kier alpha value is -0.0800. The van der Waals surface area contributed by atoms with E-state index < -0.39 is 0 Å². The zero-order valence-corrected chi connectivity index (χ0v) is 8.96. The van der Waals surface area contributed by atoms with Crippen LogP contribution in [0.2, 0.25) is 0 Å². The van der Waals surface area contributed by atoms with Gasteiger partial charge in [-0.25, -0.2) is 0 Å². The van der Waals surface area contributed by atoms with Crippen LogP contribution in [0.4, 0.5) is 0 Å². The zero-order chi connectivity index (χ0) is 9.68. The van der Waals surface area contributed by atoms with Crippen LogP contribution in [0, 0.1) is 5.92 Å². The van der Waals surface area contributed by atoms with Gasteiger partial charge in [-0.3, -0.25) is 0 Å². The quantitative estimate of drug-likeness (QED) is 0.670. The molecule has 0 aromatic rings. The number of hydrogen-bond acceptors (Lipinski definition) is 2. The first-order valence-corrected chi connectivity index (χ1v) is 5.67. The highest BCUT2D eigenvalue weighted by Gasteiger charge is 2.43. The van der Waals surface area contributed by atoms with Crippen molar-refractivity contribution < 1.29 is 4.74 Å². The molecule has 0 bridgehead atoms. The van der Waals surface area contributed by atoms with E-state index in [1.165, 1.54) is 25.7 Å². The van der Waals surface area contributed by atoms with Gasteiger partial charge < -0.3 is 10.5 Å². The van der Waals surface area contributed by atoms with Crippen molar-refractivity contribution in [2.45, 2.75) is 58.2 Å². The first-order valence-electron chi connectivity index (χ1n) is 5.67. The van der Waals surface area contributed by atoms with E-state index >= 15 is 0 Å². The summed E-state index contributed by atoms with van der Waals surface area (Å²) < 4.78 is 5.41. The molecule has 1 saturated heterocycles. The maximum atomic E-state index is 5.41. The van der Waals surface area contributed by atoms with Crippen LogP contribution in [0.1, 0.15) is 46.0 Å². The number of hydrogen-bond donors (Lipinski definition) is 1. The van der Waals surface area contributed by atoms with Crippen molar-refractivity contribution in [3.05, 3.63) is 0 Å². The Balaban J connectivity index is 0.000000184. The SMILES string of the molecule is CCC1CCC2OC2C1.CCCN. The average Bonchev–Trinajstić information content (AvgIpc) is 2.95. The van der Waals surface area contributed by atoms with Gasteiger partial charge in [0, 0.05) is 0 Å². The van der Waals surface area contributed by atoms with Gasteiger partial charge >= 0.3 is 0 Å². The fourth-order valence-electron chi connectivity index (χ4n) is 1.86. The predicted octanol–water partition coefficient (Wildman–Crippen LogP) is 2.32. The number of rotatable bonds is 2. The lowest BCUT2D eigenvalue weighted by Gasteiger charge is -2.15. The van der Waals surface area contributed by atoms with Crippen LogP contribution >= 0.6 is 0 Å². The third-order valence-electron chi connectivity index (χ3n) is 2.98. The molecule has 1 heterocycles.